The van der Waals surface area contributed by atoms with Crippen LogP contribution in [-0.4, -0.2) is 36.8 Å². The van der Waals surface area contributed by atoms with Gasteiger partial charge in [-0.2, -0.15) is 5.10 Å². The quantitative estimate of drug-likeness (QED) is 0.472. The van der Waals surface area contributed by atoms with E-state index < -0.39 is 0 Å². The molecule has 8 heteroatoms. The monoisotopic (exact) mass is 370 g/mol. The molecule has 0 spiro atoms. The minimum Gasteiger partial charge on any atom is -0.356 e. The molecule has 26 heavy (non-hydrogen) atoms. The van der Waals surface area contributed by atoms with E-state index in [-0.39, 0.29) is 5.91 Å². The van der Waals surface area contributed by atoms with Crippen LogP contribution in [-0.2, 0) is 17.9 Å². The Morgan fingerprint density at radius 1 is 1.35 bits per heavy atom. The highest BCUT2D eigenvalue weighted by Gasteiger charge is 2.10. The van der Waals surface area contributed by atoms with Crippen LogP contribution < -0.4 is 5.32 Å². The van der Waals surface area contributed by atoms with E-state index in [1.165, 1.54) is 0 Å². The molecule has 7 nitrogen and oxygen atoms in total. The number of nitrogens with zero attached hydrogens (tertiary/aromatic N) is 4. The SMILES string of the molecule is Cc1cccc(-c2n[nH]c(=S)n2CCC(=O)NCCCn2ccnc2)c1. The van der Waals surface area contributed by atoms with Crippen LogP contribution in [0.25, 0.3) is 11.4 Å². The lowest BCUT2D eigenvalue weighted by Crippen LogP contribution is -2.26. The number of aryl methyl sites for hydroxylation is 2. The fourth-order valence-corrected chi connectivity index (χ4v) is 2.96. The van der Waals surface area contributed by atoms with Crippen LogP contribution in [0.5, 0.6) is 0 Å². The predicted molar refractivity (Wildman–Crippen MR) is 102 cm³/mol. The molecule has 0 aliphatic heterocycles. The Kier molecular flexibility index (Phi) is 5.96. The number of aromatic nitrogens is 5. The van der Waals surface area contributed by atoms with Crippen molar-refractivity contribution >= 4 is 18.1 Å². The molecule has 1 amide bonds. The topological polar surface area (TPSA) is 80.5 Å². The third-order valence-electron chi connectivity index (χ3n) is 4.07. The summed E-state index contributed by atoms with van der Waals surface area (Å²) in [4.78, 5) is 16.1. The Labute approximate surface area is 157 Å². The predicted octanol–water partition coefficient (Wildman–Crippen LogP) is 2.71. The first-order valence-corrected chi connectivity index (χ1v) is 8.99. The molecule has 3 aromatic rings. The molecule has 0 fully saturated rings. The number of carbonyl (C=O) groups excluding carboxylic acids is 1. The minimum atomic E-state index is 0.00826. The Morgan fingerprint density at radius 2 is 2.23 bits per heavy atom. The van der Waals surface area contributed by atoms with Gasteiger partial charge in [0.05, 0.1) is 6.33 Å². The van der Waals surface area contributed by atoms with Crippen molar-refractivity contribution in [3.63, 3.8) is 0 Å². The summed E-state index contributed by atoms with van der Waals surface area (Å²) in [6, 6.07) is 8.06. The highest BCUT2D eigenvalue weighted by Crippen LogP contribution is 2.18. The molecule has 0 atom stereocenters. The van der Waals surface area contributed by atoms with Crippen LogP contribution in [0.2, 0.25) is 0 Å². The molecule has 0 aliphatic rings. The van der Waals surface area contributed by atoms with Crippen LogP contribution >= 0.6 is 12.2 Å². The van der Waals surface area contributed by atoms with Crippen molar-refractivity contribution < 1.29 is 4.79 Å². The average molecular weight is 370 g/mol. The number of H-pyrrole nitrogens is 1. The second-order valence-electron chi connectivity index (χ2n) is 6.13. The molecule has 0 saturated carbocycles. The van der Waals surface area contributed by atoms with E-state index in [1.54, 1.807) is 12.5 Å². The number of hydrogen-bond acceptors (Lipinski definition) is 4. The maximum atomic E-state index is 12.1. The zero-order chi connectivity index (χ0) is 18.4. The average Bonchev–Trinajstić information content (AvgIpc) is 3.27. The van der Waals surface area contributed by atoms with E-state index in [1.807, 2.05) is 40.5 Å². The first-order chi connectivity index (χ1) is 12.6. The number of imidazole rings is 1. The number of amides is 1. The first kappa shape index (κ1) is 18.1. The smallest absolute Gasteiger partial charge is 0.221 e. The molecule has 2 aromatic heterocycles. The Balaban J connectivity index is 1.52. The highest BCUT2D eigenvalue weighted by atomic mass is 32.1. The van der Waals surface area contributed by atoms with Gasteiger partial charge in [0.15, 0.2) is 10.6 Å². The van der Waals surface area contributed by atoms with E-state index in [9.17, 15) is 4.79 Å². The van der Waals surface area contributed by atoms with Crippen LogP contribution in [0, 0.1) is 11.7 Å². The van der Waals surface area contributed by atoms with Crippen molar-refractivity contribution in [2.24, 2.45) is 0 Å². The second kappa shape index (κ2) is 8.57. The van der Waals surface area contributed by atoms with E-state index in [0.29, 0.717) is 24.3 Å². The van der Waals surface area contributed by atoms with Crippen LogP contribution in [0.1, 0.15) is 18.4 Å². The third-order valence-corrected chi connectivity index (χ3v) is 4.38. The summed E-state index contributed by atoms with van der Waals surface area (Å²) in [5.74, 6) is 0.764. The van der Waals surface area contributed by atoms with Gasteiger partial charge in [-0.1, -0.05) is 23.8 Å². The lowest BCUT2D eigenvalue weighted by atomic mass is 10.1. The summed E-state index contributed by atoms with van der Waals surface area (Å²) in [7, 11) is 0. The fourth-order valence-electron chi connectivity index (χ4n) is 2.74. The van der Waals surface area contributed by atoms with E-state index >= 15 is 0 Å². The van der Waals surface area contributed by atoms with Gasteiger partial charge in [-0.05, 0) is 31.6 Å². The lowest BCUT2D eigenvalue weighted by molar-refractivity contribution is -0.121. The molecule has 136 valence electrons. The highest BCUT2D eigenvalue weighted by molar-refractivity contribution is 7.71. The molecule has 0 aliphatic carbocycles. The van der Waals surface area contributed by atoms with Gasteiger partial charge in [0.25, 0.3) is 0 Å². The van der Waals surface area contributed by atoms with Crippen molar-refractivity contribution in [3.8, 4) is 11.4 Å². The fraction of sp³-hybridized carbons (Fsp3) is 0.333. The molecule has 0 unspecified atom stereocenters. The summed E-state index contributed by atoms with van der Waals surface area (Å²) in [5.41, 5.74) is 2.14. The van der Waals surface area contributed by atoms with Crippen molar-refractivity contribution in [1.82, 2.24) is 29.6 Å². The minimum absolute atomic E-state index is 0.00826. The van der Waals surface area contributed by atoms with Crippen molar-refractivity contribution in [1.29, 1.82) is 0 Å². The molecule has 1 aromatic carbocycles. The summed E-state index contributed by atoms with van der Waals surface area (Å²) < 4.78 is 4.38. The summed E-state index contributed by atoms with van der Waals surface area (Å²) in [5, 5.41) is 10.1. The molecule has 0 radical (unpaired) electrons. The standard InChI is InChI=1S/C18H22N6OS/c1-14-4-2-5-15(12-14)17-21-22-18(26)24(17)10-6-16(25)20-7-3-9-23-11-8-19-13-23/h2,4-5,8,11-13H,3,6-7,9-10H2,1H3,(H,20,25)(H,22,26). The molecule has 0 saturated heterocycles. The summed E-state index contributed by atoms with van der Waals surface area (Å²) in [6.45, 7) is 4.00. The number of benzene rings is 1. The zero-order valence-corrected chi connectivity index (χ0v) is 15.5. The zero-order valence-electron chi connectivity index (χ0n) is 14.7. The van der Waals surface area contributed by atoms with Crippen molar-refractivity contribution in [2.45, 2.75) is 32.9 Å². The molecular weight excluding hydrogens is 348 g/mol. The first-order valence-electron chi connectivity index (χ1n) is 8.58. The van der Waals surface area contributed by atoms with Gasteiger partial charge in [-0.15, -0.1) is 0 Å². The van der Waals surface area contributed by atoms with Crippen LogP contribution in [0.15, 0.2) is 43.0 Å². The van der Waals surface area contributed by atoms with Crippen molar-refractivity contribution in [3.05, 3.63) is 53.3 Å². The van der Waals surface area contributed by atoms with Gasteiger partial charge in [0.2, 0.25) is 5.91 Å². The Morgan fingerprint density at radius 3 is 3.00 bits per heavy atom. The lowest BCUT2D eigenvalue weighted by Gasteiger charge is -2.09. The number of rotatable bonds is 8. The molecular formula is C18H22N6OS. The molecule has 3 rings (SSSR count). The second-order valence-corrected chi connectivity index (χ2v) is 6.51. The van der Waals surface area contributed by atoms with Crippen molar-refractivity contribution in [2.75, 3.05) is 6.54 Å². The van der Waals surface area contributed by atoms with Gasteiger partial charge in [-0.25, -0.2) is 4.98 Å². The van der Waals surface area contributed by atoms with E-state index in [2.05, 4.69) is 26.6 Å². The van der Waals surface area contributed by atoms with Gasteiger partial charge < -0.3 is 9.88 Å². The maximum absolute atomic E-state index is 12.1. The van der Waals surface area contributed by atoms with Gasteiger partial charge in [-0.3, -0.25) is 14.5 Å². The number of carbonyl (C=O) groups is 1. The Hall–Kier alpha value is -2.74. The van der Waals surface area contributed by atoms with Crippen LogP contribution in [0.4, 0.5) is 0 Å². The summed E-state index contributed by atoms with van der Waals surface area (Å²) in [6.07, 6.45) is 6.66. The third kappa shape index (κ3) is 4.66. The normalized spacial score (nSPS) is 10.8. The van der Waals surface area contributed by atoms with Gasteiger partial charge in [0, 0.05) is 44.0 Å². The number of hydrogen-bond donors (Lipinski definition) is 2. The maximum Gasteiger partial charge on any atom is 0.221 e. The van der Waals surface area contributed by atoms with E-state index in [4.69, 9.17) is 12.2 Å². The summed E-state index contributed by atoms with van der Waals surface area (Å²) >= 11 is 5.31. The molecule has 2 N–H and O–H groups in total. The number of nitrogens with one attached hydrogen (secondary N) is 2. The Bertz CT molecular complexity index is 912. The largest absolute Gasteiger partial charge is 0.356 e. The molecule has 2 heterocycles. The van der Waals surface area contributed by atoms with Crippen LogP contribution in [0.3, 0.4) is 0 Å². The van der Waals surface area contributed by atoms with Gasteiger partial charge in [0.1, 0.15) is 0 Å². The number of aromatic amines is 1. The van der Waals surface area contributed by atoms with Gasteiger partial charge >= 0.3 is 0 Å². The van der Waals surface area contributed by atoms with E-state index in [0.717, 1.165) is 29.9 Å². The molecule has 0 bridgehead atoms.